The summed E-state index contributed by atoms with van der Waals surface area (Å²) in [6.07, 6.45) is -14.7. The number of fused-ring (bicyclic) bond motifs is 3. The van der Waals surface area contributed by atoms with Gasteiger partial charge < -0.3 is 4.42 Å². The van der Waals surface area contributed by atoms with Crippen LogP contribution in [0.15, 0.2) is 199 Å². The average Bonchev–Trinajstić information content (AvgIpc) is 3.83. The van der Waals surface area contributed by atoms with E-state index in [1.165, 1.54) is 48.8 Å². The van der Waals surface area contributed by atoms with Crippen molar-refractivity contribution in [3.63, 3.8) is 0 Å². The molecule has 4 aromatic heterocycles. The molecule has 0 fully saturated rings. The molecular formula is C58H44N4O. The first kappa shape index (κ1) is 27.1. The second kappa shape index (κ2) is 18.0. The Hall–Kier alpha value is -7.94. The molecule has 6 aromatic carbocycles. The van der Waals surface area contributed by atoms with Crippen molar-refractivity contribution >= 4 is 21.9 Å². The fraction of sp³-hybridized carbons (Fsp3) is 0.103. The molecule has 63 heavy (non-hydrogen) atoms. The van der Waals surface area contributed by atoms with Crippen molar-refractivity contribution in [3.8, 4) is 51.0 Å². The van der Waals surface area contributed by atoms with Crippen LogP contribution >= 0.6 is 0 Å². The predicted molar refractivity (Wildman–Crippen MR) is 255 cm³/mol. The molecule has 0 atom stereocenters. The molecule has 0 saturated heterocycles. The van der Waals surface area contributed by atoms with E-state index in [1.807, 2.05) is 103 Å². The Bertz CT molecular complexity index is 3700. The van der Waals surface area contributed by atoms with Crippen molar-refractivity contribution in [2.45, 2.75) is 38.2 Å². The molecule has 5 heteroatoms. The van der Waals surface area contributed by atoms with Crippen molar-refractivity contribution in [1.82, 2.24) is 15.0 Å². The van der Waals surface area contributed by atoms with Crippen molar-refractivity contribution in [2.24, 2.45) is 0 Å². The quantitative estimate of drug-likeness (QED) is 0.116. The standard InChI is InChI=1S/C58H44N4O/c59-36-49-34-57-53(35-52(49)46-11-4-1-5-12-46)50-17-10-18-51(58(50)63-57)56-30-27-42(39-62-56)21-24-45-32-43(22-19-40-25-28-54(60-37-40)47-13-6-2-7-14-47)31-44(33-45)23-20-41-26-29-55(61-38-41)48-15-8-3-9-16-48/h1-18,25-35,37-39H,19-24H2/i19D2,20D2,21D2,22D2,23D2,24D2,34D. The van der Waals surface area contributed by atoms with Gasteiger partial charge in [0.25, 0.3) is 0 Å². The maximum Gasteiger partial charge on any atom is 0.144 e. The zero-order chi connectivity index (χ0) is 54.0. The Morgan fingerprint density at radius 1 is 0.444 bits per heavy atom. The van der Waals surface area contributed by atoms with Crippen molar-refractivity contribution < 1.29 is 22.2 Å². The summed E-state index contributed by atoms with van der Waals surface area (Å²) in [7, 11) is 0. The molecule has 0 N–H and O–H groups in total. The van der Waals surface area contributed by atoms with E-state index in [1.54, 1.807) is 12.1 Å². The smallest absolute Gasteiger partial charge is 0.144 e. The Morgan fingerprint density at radius 2 is 0.905 bits per heavy atom. The summed E-state index contributed by atoms with van der Waals surface area (Å²) in [4.78, 5) is 13.4. The molecule has 0 aliphatic heterocycles. The first-order valence-electron chi connectivity index (χ1n) is 26.7. The molecule has 0 unspecified atom stereocenters. The first-order chi connectivity index (χ1) is 36.1. The zero-order valence-corrected chi connectivity index (χ0v) is 33.6. The van der Waals surface area contributed by atoms with Gasteiger partial charge in [0.05, 0.1) is 30.1 Å². The first-order valence-corrected chi connectivity index (χ1v) is 20.2. The molecule has 0 radical (unpaired) electrons. The van der Waals surface area contributed by atoms with Crippen molar-refractivity contribution in [1.29, 1.82) is 5.26 Å². The van der Waals surface area contributed by atoms with E-state index >= 15 is 0 Å². The molecule has 4 heterocycles. The van der Waals surface area contributed by atoms with Crippen molar-refractivity contribution in [2.75, 3.05) is 0 Å². The van der Waals surface area contributed by atoms with E-state index in [-0.39, 0.29) is 33.9 Å². The number of aromatic nitrogens is 3. The molecule has 0 aliphatic rings. The second-order valence-corrected chi connectivity index (χ2v) is 14.6. The highest BCUT2D eigenvalue weighted by Gasteiger charge is 2.17. The maximum absolute atomic E-state index is 10.1. The summed E-state index contributed by atoms with van der Waals surface area (Å²) in [5.41, 5.74) is 2.75. The molecule has 0 spiro atoms. The maximum atomic E-state index is 10.1. The predicted octanol–water partition coefficient (Wildman–Crippen LogP) is 13.7. The second-order valence-electron chi connectivity index (χ2n) is 14.6. The lowest BCUT2D eigenvalue weighted by molar-refractivity contribution is 0.669. The Kier molecular flexibility index (Phi) is 7.72. The summed E-state index contributed by atoms with van der Waals surface area (Å²) in [6, 6.07) is 48.1. The zero-order valence-electron chi connectivity index (χ0n) is 46.6. The van der Waals surface area contributed by atoms with E-state index in [0.29, 0.717) is 44.6 Å². The van der Waals surface area contributed by atoms with E-state index in [0.717, 1.165) is 41.1 Å². The summed E-state index contributed by atoms with van der Waals surface area (Å²) in [6.45, 7) is 0. The van der Waals surface area contributed by atoms with E-state index in [4.69, 9.17) is 5.79 Å². The van der Waals surface area contributed by atoms with Gasteiger partial charge in [-0.05, 0) is 114 Å². The van der Waals surface area contributed by atoms with Crippen LogP contribution in [0, 0.1) is 11.3 Å². The SMILES string of the molecule is [2H]c1c(C#N)c(-c2ccccc2)cc2c1oc1c(-c3ccc(C([2H])([2H])C([2H])([2H])c4cc(C([2H])([2H])C([2H])([2H])c5ccc(-c6ccccc6)nc5)cc(C([2H])([2H])C([2H])([2H])c5ccc(-c6ccccc6)nc5)c4)cn3)cccc12. The Morgan fingerprint density at radius 3 is 1.37 bits per heavy atom. The highest BCUT2D eigenvalue weighted by molar-refractivity contribution is 6.11. The molecule has 0 amide bonds. The lowest BCUT2D eigenvalue weighted by Gasteiger charge is -2.12. The average molecular weight is 826 g/mol. The van der Waals surface area contributed by atoms with Gasteiger partial charge in [0.1, 0.15) is 11.2 Å². The minimum absolute atomic E-state index is 0.0932. The van der Waals surface area contributed by atoms with Gasteiger partial charge in [-0.1, -0.05) is 140 Å². The highest BCUT2D eigenvalue weighted by Crippen LogP contribution is 2.38. The number of aryl methyl sites for hydroxylation is 6. The molecule has 0 saturated carbocycles. The Balaban J connectivity index is 1.05. The number of nitrogens with zero attached hydrogens (tertiary/aromatic N) is 4. The van der Waals surface area contributed by atoms with Crippen LogP contribution in [0.3, 0.4) is 0 Å². The third-order valence-electron chi connectivity index (χ3n) is 10.4. The van der Waals surface area contributed by atoms with Gasteiger partial charge in [0.15, 0.2) is 0 Å². The van der Waals surface area contributed by atoms with Crippen LogP contribution in [0.1, 0.15) is 56.8 Å². The molecule has 0 aliphatic carbocycles. The van der Waals surface area contributed by atoms with Gasteiger partial charge in [-0.15, -0.1) is 0 Å². The minimum Gasteiger partial charge on any atom is -0.455 e. The molecule has 0 bridgehead atoms. The third-order valence-corrected chi connectivity index (χ3v) is 10.4. The van der Waals surface area contributed by atoms with Crippen LogP contribution in [0.4, 0.5) is 0 Å². The fourth-order valence-electron chi connectivity index (χ4n) is 7.31. The topological polar surface area (TPSA) is 75.6 Å². The van der Waals surface area contributed by atoms with Crippen LogP contribution in [-0.2, 0) is 38.2 Å². The number of hydrogen-bond acceptors (Lipinski definition) is 5. The van der Waals surface area contributed by atoms with Gasteiger partial charge in [-0.25, -0.2) is 0 Å². The largest absolute Gasteiger partial charge is 0.455 e. The van der Waals surface area contributed by atoms with Gasteiger partial charge in [0, 0.05) is 68.1 Å². The number of pyridine rings is 3. The molecule has 5 nitrogen and oxygen atoms in total. The molecular weight excluding hydrogens is 769 g/mol. The molecule has 302 valence electrons. The number of benzene rings is 6. The number of nitriles is 1. The lowest BCUT2D eigenvalue weighted by Crippen LogP contribution is -2.00. The third kappa shape index (κ3) is 8.80. The monoisotopic (exact) mass is 825 g/mol. The van der Waals surface area contributed by atoms with E-state index < -0.39 is 54.9 Å². The molecule has 10 rings (SSSR count). The van der Waals surface area contributed by atoms with Gasteiger partial charge in [0.2, 0.25) is 0 Å². The van der Waals surface area contributed by atoms with E-state index in [9.17, 15) is 21.7 Å². The van der Waals surface area contributed by atoms with E-state index in [2.05, 4.69) is 21.0 Å². The van der Waals surface area contributed by atoms with Crippen LogP contribution in [0.2, 0.25) is 0 Å². The lowest BCUT2D eigenvalue weighted by atomic mass is 9.94. The van der Waals surface area contributed by atoms with Crippen LogP contribution in [0.25, 0.3) is 66.8 Å². The normalized spacial score (nSPS) is 15.6. The number of para-hydroxylation sites is 1. The number of furan rings is 1. The summed E-state index contributed by atoms with van der Waals surface area (Å²) < 4.78 is 128. The minimum atomic E-state index is -3.15. The van der Waals surface area contributed by atoms with Gasteiger partial charge in [-0.2, -0.15) is 5.26 Å². The van der Waals surface area contributed by atoms with Gasteiger partial charge >= 0.3 is 0 Å². The Labute approximate surface area is 386 Å². The fourth-order valence-corrected chi connectivity index (χ4v) is 7.31. The van der Waals surface area contributed by atoms with Gasteiger partial charge in [-0.3, -0.25) is 15.0 Å². The summed E-state index contributed by atoms with van der Waals surface area (Å²) >= 11 is 0. The van der Waals surface area contributed by atoms with Crippen LogP contribution < -0.4 is 0 Å². The van der Waals surface area contributed by atoms with Crippen LogP contribution in [0.5, 0.6) is 0 Å². The number of rotatable bonds is 13. The summed E-state index contributed by atoms with van der Waals surface area (Å²) in [5, 5.41) is 11.3. The van der Waals surface area contributed by atoms with Crippen molar-refractivity contribution in [3.05, 3.63) is 233 Å². The number of hydrogen-bond donors (Lipinski definition) is 0. The summed E-state index contributed by atoms with van der Waals surface area (Å²) in [5.74, 6) is 0. The molecule has 10 aromatic rings. The van der Waals surface area contributed by atoms with Crippen LogP contribution in [-0.4, -0.2) is 15.0 Å². The highest BCUT2D eigenvalue weighted by atomic mass is 16.3.